The molecule has 2 heterocycles. The van der Waals surface area contributed by atoms with Crippen LogP contribution in [0.5, 0.6) is 5.75 Å². The van der Waals surface area contributed by atoms with Gasteiger partial charge in [0.1, 0.15) is 29.5 Å². The smallest absolute Gasteiger partial charge is 0.437 e. The van der Waals surface area contributed by atoms with Gasteiger partial charge in [0.2, 0.25) is 0 Å². The molecular formula is C33H25F3N4O3S. The minimum absolute atomic E-state index is 0.0137. The fraction of sp³-hybridized carbons (Fsp3) is 0.182. The molecule has 0 saturated heterocycles. The van der Waals surface area contributed by atoms with Gasteiger partial charge in [-0.25, -0.2) is 0 Å². The van der Waals surface area contributed by atoms with E-state index in [2.05, 4.69) is 0 Å². The molecule has 3 aromatic rings. The molecule has 1 aliphatic rings. The molecule has 0 radical (unpaired) electrons. The van der Waals surface area contributed by atoms with E-state index < -0.39 is 34.3 Å². The highest BCUT2D eigenvalue weighted by Gasteiger charge is 2.65. The molecule has 1 aromatic heterocycles. The van der Waals surface area contributed by atoms with Crippen molar-refractivity contribution in [3.05, 3.63) is 110 Å². The number of methoxy groups -OCH3 is 1. The predicted molar refractivity (Wildman–Crippen MR) is 162 cm³/mol. The van der Waals surface area contributed by atoms with Crippen molar-refractivity contribution < 1.29 is 27.8 Å². The number of alkyl halides is 3. The van der Waals surface area contributed by atoms with Crippen LogP contribution >= 0.6 is 11.3 Å². The molecule has 1 N–H and O–H groups in total. The summed E-state index contributed by atoms with van der Waals surface area (Å²) in [6.45, 7) is 0.480. The number of rotatable bonds is 9. The number of likely N-dealkylation sites (N-methyl/N-ethyl adjacent to an activating group) is 1. The van der Waals surface area contributed by atoms with Crippen molar-refractivity contribution in [1.82, 2.24) is 0 Å². The van der Waals surface area contributed by atoms with Crippen molar-refractivity contribution in [2.45, 2.75) is 11.8 Å². The third-order valence-electron chi connectivity index (χ3n) is 6.86. The number of benzene rings is 2. The van der Waals surface area contributed by atoms with Crippen LogP contribution < -0.4 is 9.64 Å². The maximum Gasteiger partial charge on any atom is 0.437 e. The molecule has 222 valence electrons. The number of hydrogen-bond acceptors (Lipinski definition) is 8. The van der Waals surface area contributed by atoms with E-state index in [0.29, 0.717) is 17.2 Å². The highest BCUT2D eigenvalue weighted by atomic mass is 32.1. The van der Waals surface area contributed by atoms with Gasteiger partial charge in [0.25, 0.3) is 5.60 Å². The first-order chi connectivity index (χ1) is 21.1. The Morgan fingerprint density at radius 3 is 2.23 bits per heavy atom. The summed E-state index contributed by atoms with van der Waals surface area (Å²) in [5.41, 5.74) is -3.55. The zero-order valence-corrected chi connectivity index (χ0v) is 24.4. The number of thiophene rings is 1. The lowest BCUT2D eigenvalue weighted by Gasteiger charge is -2.33. The van der Waals surface area contributed by atoms with Crippen LogP contribution in [0.25, 0.3) is 18.2 Å². The standard InChI is InChI=1S/C33H25F3N4O3S/c1-40(16-17-41)25-10-8-22(30(18-25)42-2)9-11-26-12-13-27(44-26)14-15-29-28(21-39)31(23(19-37)20-38)43-32(29,33(34,35)36)24-6-4-3-5-7-24/h3-15,18,41H,16-17H2,1-2H3/b11-9+,15-14+. The van der Waals surface area contributed by atoms with E-state index in [4.69, 9.17) is 9.47 Å². The van der Waals surface area contributed by atoms with Crippen LogP contribution in [0.15, 0.2) is 89.2 Å². The van der Waals surface area contributed by atoms with Crippen LogP contribution in [-0.4, -0.2) is 38.6 Å². The van der Waals surface area contributed by atoms with Gasteiger partial charge in [0.05, 0.1) is 13.7 Å². The molecule has 0 saturated carbocycles. The molecule has 0 aliphatic carbocycles. The normalized spacial score (nSPS) is 16.5. The lowest BCUT2D eigenvalue weighted by molar-refractivity contribution is -0.249. The highest BCUT2D eigenvalue weighted by molar-refractivity contribution is 7.13. The van der Waals surface area contributed by atoms with Gasteiger partial charge in [-0.3, -0.25) is 0 Å². The summed E-state index contributed by atoms with van der Waals surface area (Å²) in [6, 6.07) is 20.7. The van der Waals surface area contributed by atoms with Crippen molar-refractivity contribution in [1.29, 1.82) is 15.8 Å². The number of anilines is 1. The SMILES string of the molecule is COc1cc(N(C)CCO)ccc1/C=C/c1ccc(/C=C/C2=C(C#N)C(=C(C#N)C#N)OC2(c2ccccc2)C(F)(F)F)s1. The second-order valence-corrected chi connectivity index (χ2v) is 10.6. The van der Waals surface area contributed by atoms with Gasteiger partial charge in [-0.2, -0.15) is 29.0 Å². The van der Waals surface area contributed by atoms with E-state index in [1.165, 1.54) is 53.8 Å². The monoisotopic (exact) mass is 614 g/mol. The second kappa shape index (κ2) is 13.4. The summed E-state index contributed by atoms with van der Waals surface area (Å²) in [5.74, 6) is -0.0876. The molecule has 7 nitrogen and oxygen atoms in total. The maximum absolute atomic E-state index is 14.9. The van der Waals surface area contributed by atoms with Crippen LogP contribution in [0, 0.1) is 34.0 Å². The summed E-state index contributed by atoms with van der Waals surface area (Å²) >= 11 is 1.30. The third kappa shape index (κ3) is 6.09. The molecule has 2 aromatic carbocycles. The number of allylic oxidation sites excluding steroid dienone is 2. The van der Waals surface area contributed by atoms with E-state index in [0.717, 1.165) is 22.2 Å². The van der Waals surface area contributed by atoms with Gasteiger partial charge in [0.15, 0.2) is 11.3 Å². The maximum atomic E-state index is 14.9. The fourth-order valence-electron chi connectivity index (χ4n) is 4.67. The van der Waals surface area contributed by atoms with E-state index in [1.807, 2.05) is 42.3 Å². The average Bonchev–Trinajstić information content (AvgIpc) is 3.62. The molecule has 1 unspecified atom stereocenters. The second-order valence-electron chi connectivity index (χ2n) is 9.45. The largest absolute Gasteiger partial charge is 0.496 e. The minimum atomic E-state index is -5.06. The van der Waals surface area contributed by atoms with E-state index in [1.54, 1.807) is 31.4 Å². The van der Waals surface area contributed by atoms with Gasteiger partial charge < -0.3 is 19.5 Å². The molecule has 0 spiro atoms. The summed E-state index contributed by atoms with van der Waals surface area (Å²) < 4.78 is 55.8. The molecular weight excluding hydrogens is 589 g/mol. The Balaban J connectivity index is 1.73. The van der Waals surface area contributed by atoms with E-state index >= 15 is 0 Å². The van der Waals surface area contributed by atoms with E-state index in [9.17, 15) is 34.1 Å². The number of nitriles is 3. The number of aliphatic hydroxyl groups excluding tert-OH is 1. The molecule has 11 heteroatoms. The van der Waals surface area contributed by atoms with E-state index in [-0.39, 0.29) is 12.2 Å². The van der Waals surface area contributed by atoms with Crippen LogP contribution in [0.2, 0.25) is 0 Å². The Morgan fingerprint density at radius 2 is 1.66 bits per heavy atom. The first-order valence-electron chi connectivity index (χ1n) is 13.1. The first-order valence-corrected chi connectivity index (χ1v) is 13.9. The number of aliphatic hydroxyl groups is 1. The third-order valence-corrected chi connectivity index (χ3v) is 7.87. The van der Waals surface area contributed by atoms with Crippen molar-refractivity contribution in [3.63, 3.8) is 0 Å². The van der Waals surface area contributed by atoms with Gasteiger partial charge >= 0.3 is 6.18 Å². The quantitative estimate of drug-likeness (QED) is 0.259. The number of nitrogens with zero attached hydrogens (tertiary/aromatic N) is 4. The molecule has 1 atom stereocenters. The van der Waals surface area contributed by atoms with Gasteiger partial charge in [-0.15, -0.1) is 11.3 Å². The van der Waals surface area contributed by atoms with Crippen LogP contribution in [0.4, 0.5) is 18.9 Å². The summed E-state index contributed by atoms with van der Waals surface area (Å²) in [5, 5.41) is 37.9. The molecule has 0 bridgehead atoms. The molecule has 44 heavy (non-hydrogen) atoms. The Morgan fingerprint density at radius 1 is 1.00 bits per heavy atom. The molecule has 0 amide bonds. The van der Waals surface area contributed by atoms with Gasteiger partial charge in [-0.05, 0) is 42.5 Å². The Bertz CT molecular complexity index is 1770. The van der Waals surface area contributed by atoms with Crippen LogP contribution in [-0.2, 0) is 10.3 Å². The van der Waals surface area contributed by atoms with Crippen LogP contribution in [0.3, 0.4) is 0 Å². The minimum Gasteiger partial charge on any atom is -0.496 e. The summed E-state index contributed by atoms with van der Waals surface area (Å²) in [6.07, 6.45) is 1.23. The fourth-order valence-corrected chi connectivity index (χ4v) is 5.49. The first kappa shape index (κ1) is 31.7. The van der Waals surface area contributed by atoms with Crippen molar-refractivity contribution in [2.75, 3.05) is 32.2 Å². The number of hydrogen-bond donors (Lipinski definition) is 1. The molecule has 1 aliphatic heterocycles. The summed E-state index contributed by atoms with van der Waals surface area (Å²) in [4.78, 5) is 3.28. The summed E-state index contributed by atoms with van der Waals surface area (Å²) in [7, 11) is 3.41. The Hall–Kier alpha value is -5.28. The average molecular weight is 615 g/mol. The van der Waals surface area contributed by atoms with Crippen molar-refractivity contribution in [3.8, 4) is 24.0 Å². The Kier molecular flexibility index (Phi) is 9.60. The van der Waals surface area contributed by atoms with Gasteiger partial charge in [-0.1, -0.05) is 36.4 Å². The van der Waals surface area contributed by atoms with Crippen molar-refractivity contribution >= 4 is 35.3 Å². The lowest BCUT2D eigenvalue weighted by Crippen LogP contribution is -2.43. The highest BCUT2D eigenvalue weighted by Crippen LogP contribution is 2.56. The number of ether oxygens (including phenoxy) is 2. The predicted octanol–water partition coefficient (Wildman–Crippen LogP) is 6.98. The van der Waals surface area contributed by atoms with Gasteiger partial charge in [0, 0.05) is 51.8 Å². The topological polar surface area (TPSA) is 113 Å². The Labute approximate surface area is 256 Å². The lowest BCUT2D eigenvalue weighted by atomic mass is 9.84. The number of halogens is 3. The zero-order valence-electron chi connectivity index (χ0n) is 23.6. The van der Waals surface area contributed by atoms with Crippen LogP contribution in [0.1, 0.15) is 20.9 Å². The molecule has 0 fully saturated rings. The van der Waals surface area contributed by atoms with Crippen molar-refractivity contribution in [2.24, 2.45) is 0 Å². The zero-order chi connectivity index (χ0) is 31.9. The molecule has 4 rings (SSSR count).